The number of rotatable bonds is 6. The summed E-state index contributed by atoms with van der Waals surface area (Å²) in [6.45, 7) is 4.29. The van der Waals surface area contributed by atoms with E-state index in [1.807, 2.05) is 6.08 Å². The highest BCUT2D eigenvalue weighted by atomic mass is 127. The van der Waals surface area contributed by atoms with E-state index < -0.39 is 0 Å². The summed E-state index contributed by atoms with van der Waals surface area (Å²) in [4.78, 5) is 0. The summed E-state index contributed by atoms with van der Waals surface area (Å²) in [7, 11) is 0. The Bertz CT molecular complexity index is 226. The lowest BCUT2D eigenvalue weighted by Crippen LogP contribution is -2.29. The van der Waals surface area contributed by atoms with Gasteiger partial charge in [0.2, 0.25) is 0 Å². The van der Waals surface area contributed by atoms with Gasteiger partial charge < -0.3 is 14.6 Å². The first kappa shape index (κ1) is 14.4. The molecule has 0 unspecified atom stereocenters. The molecule has 0 amide bonds. The Kier molecular flexibility index (Phi) is 6.25. The van der Waals surface area contributed by atoms with Crippen LogP contribution in [0.3, 0.4) is 0 Å². The Labute approximate surface area is 111 Å². The average molecular weight is 340 g/mol. The third kappa shape index (κ3) is 3.42. The lowest BCUT2D eigenvalue weighted by atomic mass is 10.1. The number of hydrogen-bond donors (Lipinski definition) is 1. The molecule has 2 atom stereocenters. The zero-order valence-corrected chi connectivity index (χ0v) is 12.1. The van der Waals surface area contributed by atoms with Gasteiger partial charge in [-0.25, -0.2) is 0 Å². The van der Waals surface area contributed by atoms with Crippen molar-refractivity contribution in [3.63, 3.8) is 0 Å². The summed E-state index contributed by atoms with van der Waals surface area (Å²) in [5.74, 6) is -0.381. The Hall–Kier alpha value is 0.350. The van der Waals surface area contributed by atoms with Gasteiger partial charge in [-0.05, 0) is 19.3 Å². The Morgan fingerprint density at radius 2 is 1.81 bits per heavy atom. The molecular formula is C12H21IO3. The zero-order chi connectivity index (χ0) is 12.0. The Morgan fingerprint density at radius 1 is 1.19 bits per heavy atom. The van der Waals surface area contributed by atoms with Crippen LogP contribution in [0.5, 0.6) is 0 Å². The summed E-state index contributed by atoms with van der Waals surface area (Å²) in [6.07, 6.45) is 6.60. The number of ether oxygens (including phenoxy) is 2. The quantitative estimate of drug-likeness (QED) is 0.459. The smallest absolute Gasteiger partial charge is 0.168 e. The van der Waals surface area contributed by atoms with E-state index in [0.717, 1.165) is 23.7 Å². The number of hydrogen-bond acceptors (Lipinski definition) is 3. The average Bonchev–Trinajstić information content (AvgIpc) is 2.69. The van der Waals surface area contributed by atoms with Gasteiger partial charge in [0.1, 0.15) is 0 Å². The van der Waals surface area contributed by atoms with Gasteiger partial charge in [-0.3, -0.25) is 0 Å². The molecule has 0 spiro atoms. The molecule has 0 aromatic heterocycles. The monoisotopic (exact) mass is 340 g/mol. The molecule has 16 heavy (non-hydrogen) atoms. The van der Waals surface area contributed by atoms with Crippen LogP contribution in [-0.4, -0.2) is 34.1 Å². The molecule has 0 radical (unpaired) electrons. The van der Waals surface area contributed by atoms with Crippen LogP contribution >= 0.6 is 22.6 Å². The van der Waals surface area contributed by atoms with E-state index in [-0.39, 0.29) is 24.6 Å². The molecule has 0 aliphatic carbocycles. The maximum atomic E-state index is 8.70. The van der Waals surface area contributed by atoms with Gasteiger partial charge in [-0.1, -0.05) is 48.6 Å². The summed E-state index contributed by atoms with van der Waals surface area (Å²) >= 11 is 2.34. The van der Waals surface area contributed by atoms with Gasteiger partial charge in [0.05, 0.1) is 18.8 Å². The molecular weight excluding hydrogens is 319 g/mol. The van der Waals surface area contributed by atoms with Crippen molar-refractivity contribution in [1.29, 1.82) is 0 Å². The van der Waals surface area contributed by atoms with Crippen LogP contribution in [-0.2, 0) is 9.47 Å². The van der Waals surface area contributed by atoms with Crippen LogP contribution in [0.4, 0.5) is 0 Å². The van der Waals surface area contributed by atoms with Crippen molar-refractivity contribution in [1.82, 2.24) is 0 Å². The van der Waals surface area contributed by atoms with Crippen LogP contribution in [0.15, 0.2) is 12.2 Å². The first-order valence-electron chi connectivity index (χ1n) is 5.88. The van der Waals surface area contributed by atoms with Crippen LogP contribution in [0, 0.1) is 0 Å². The minimum atomic E-state index is -0.381. The molecule has 1 saturated heterocycles. The van der Waals surface area contributed by atoms with Crippen LogP contribution in [0.2, 0.25) is 0 Å². The molecule has 94 valence electrons. The first-order valence-corrected chi connectivity index (χ1v) is 7.41. The van der Waals surface area contributed by atoms with E-state index in [0.29, 0.717) is 0 Å². The molecule has 1 N–H and O–H groups in total. The summed E-state index contributed by atoms with van der Waals surface area (Å²) in [5, 5.41) is 8.70. The molecule has 4 heteroatoms. The number of aliphatic hydroxyl groups is 1. The third-order valence-corrected chi connectivity index (χ3v) is 3.88. The van der Waals surface area contributed by atoms with E-state index in [4.69, 9.17) is 14.6 Å². The summed E-state index contributed by atoms with van der Waals surface area (Å²) in [5.41, 5.74) is 0. The van der Waals surface area contributed by atoms with Gasteiger partial charge in [-0.2, -0.15) is 0 Å². The van der Waals surface area contributed by atoms with Crippen molar-refractivity contribution in [3.8, 4) is 0 Å². The lowest BCUT2D eigenvalue weighted by molar-refractivity contribution is -0.177. The molecule has 0 aromatic carbocycles. The molecule has 1 aliphatic heterocycles. The van der Waals surface area contributed by atoms with Crippen molar-refractivity contribution in [2.24, 2.45) is 0 Å². The van der Waals surface area contributed by atoms with Crippen LogP contribution in [0.1, 0.15) is 33.1 Å². The highest BCUT2D eigenvalue weighted by Crippen LogP contribution is 2.36. The predicted octanol–water partition coefficient (Wildman–Crippen LogP) is 2.66. The number of aliphatic hydroxyl groups excluding tert-OH is 1. The second-order valence-electron chi connectivity index (χ2n) is 3.97. The molecule has 1 aliphatic rings. The fourth-order valence-corrected chi connectivity index (χ4v) is 2.70. The van der Waals surface area contributed by atoms with Crippen LogP contribution < -0.4 is 0 Å². The minimum absolute atomic E-state index is 0.0924. The Morgan fingerprint density at radius 3 is 2.31 bits per heavy atom. The van der Waals surface area contributed by atoms with E-state index in [2.05, 4.69) is 36.4 Å². The highest BCUT2D eigenvalue weighted by Gasteiger charge is 2.43. The minimum Gasteiger partial charge on any atom is -0.392 e. The summed E-state index contributed by atoms with van der Waals surface area (Å²) in [6, 6.07) is 0. The van der Waals surface area contributed by atoms with Gasteiger partial charge >= 0.3 is 0 Å². The van der Waals surface area contributed by atoms with Gasteiger partial charge in [0.25, 0.3) is 0 Å². The van der Waals surface area contributed by atoms with Crippen LogP contribution in [0.25, 0.3) is 0 Å². The predicted molar refractivity (Wildman–Crippen MR) is 72.8 cm³/mol. The molecule has 0 aromatic rings. The van der Waals surface area contributed by atoms with Crippen molar-refractivity contribution < 1.29 is 14.6 Å². The van der Waals surface area contributed by atoms with Gasteiger partial charge in [-0.15, -0.1) is 0 Å². The maximum Gasteiger partial charge on any atom is 0.168 e. The van der Waals surface area contributed by atoms with Gasteiger partial charge in [0.15, 0.2) is 5.79 Å². The fourth-order valence-electron chi connectivity index (χ4n) is 1.95. The molecule has 0 saturated carbocycles. The van der Waals surface area contributed by atoms with E-state index in [9.17, 15) is 0 Å². The Balaban J connectivity index is 2.59. The van der Waals surface area contributed by atoms with Crippen molar-refractivity contribution in [2.75, 3.05) is 11.0 Å². The SMILES string of the molecule is CCC1(CC)O[C@@H](C/C=C/CO)[C@@H](CI)O1. The topological polar surface area (TPSA) is 38.7 Å². The second kappa shape index (κ2) is 6.93. The standard InChI is InChI=1S/C12H21IO3/c1-3-12(4-2)15-10(7-5-6-8-14)11(9-13)16-12/h5-6,10-11,14H,3-4,7-9H2,1-2H3/b6-5+/t10-,11+/m0/s1. The molecule has 3 nitrogen and oxygen atoms in total. The van der Waals surface area contributed by atoms with Crippen molar-refractivity contribution in [2.45, 2.75) is 51.1 Å². The molecule has 0 bridgehead atoms. The van der Waals surface area contributed by atoms with Crippen molar-refractivity contribution in [3.05, 3.63) is 12.2 Å². The fraction of sp³-hybridized carbons (Fsp3) is 0.833. The zero-order valence-electron chi connectivity index (χ0n) is 9.99. The van der Waals surface area contributed by atoms with E-state index >= 15 is 0 Å². The first-order chi connectivity index (χ1) is 7.71. The highest BCUT2D eigenvalue weighted by molar-refractivity contribution is 14.1. The van der Waals surface area contributed by atoms with E-state index in [1.54, 1.807) is 6.08 Å². The number of halogens is 1. The second-order valence-corrected chi connectivity index (χ2v) is 4.86. The molecule has 1 fully saturated rings. The van der Waals surface area contributed by atoms with E-state index in [1.165, 1.54) is 0 Å². The largest absolute Gasteiger partial charge is 0.392 e. The maximum absolute atomic E-state index is 8.70. The molecule has 1 rings (SSSR count). The third-order valence-electron chi connectivity index (χ3n) is 3.02. The van der Waals surface area contributed by atoms with Gasteiger partial charge in [0, 0.05) is 4.43 Å². The number of alkyl halides is 1. The normalized spacial score (nSPS) is 29.0. The lowest BCUT2D eigenvalue weighted by Gasteiger charge is -2.25. The summed E-state index contributed by atoms with van der Waals surface area (Å²) < 4.78 is 13.0. The molecule has 1 heterocycles. The van der Waals surface area contributed by atoms with Crippen molar-refractivity contribution >= 4 is 22.6 Å².